The molecule has 0 aromatic heterocycles. The highest BCUT2D eigenvalue weighted by Gasteiger charge is 2.51. The molecule has 1 heterocycles. The van der Waals surface area contributed by atoms with Crippen molar-refractivity contribution >= 4 is 28.2 Å². The first-order valence-electron chi connectivity index (χ1n) is 28.4. The molecule has 0 spiro atoms. The molecule has 6 atom stereocenters. The predicted molar refractivity (Wildman–Crippen MR) is 284 cm³/mol. The summed E-state index contributed by atoms with van der Waals surface area (Å²) in [5, 5.41) is 23.9. The fraction of sp³-hybridized carbons (Fsp3) is 0.741. The van der Waals surface area contributed by atoms with E-state index in [1.165, 1.54) is 101 Å². The number of hydrogen-bond donors (Lipinski definition) is 4. The van der Waals surface area contributed by atoms with Crippen LogP contribution in [0, 0.1) is 0 Å². The molecule has 2 aromatic carbocycles. The van der Waals surface area contributed by atoms with E-state index in [1.54, 1.807) is 0 Å². The summed E-state index contributed by atoms with van der Waals surface area (Å²) in [5.41, 5.74) is 2.78. The summed E-state index contributed by atoms with van der Waals surface area (Å²) >= 11 is 0. The van der Waals surface area contributed by atoms with Gasteiger partial charge in [-0.1, -0.05) is 228 Å². The maximum atomic E-state index is 14.1. The predicted octanol–water partition coefficient (Wildman–Crippen LogP) is 12.6. The molecule has 3 rings (SSSR count). The monoisotopic (exact) mass is 1030 g/mol. The number of ether oxygens (including phenoxy) is 3. The number of aliphatic hydroxyl groups is 2. The van der Waals surface area contributed by atoms with E-state index in [-0.39, 0.29) is 19.3 Å². The average Bonchev–Trinajstić information content (AvgIpc) is 3.36. The number of hydrogen-bond acceptors (Lipinski definition) is 11. The van der Waals surface area contributed by atoms with Crippen molar-refractivity contribution in [1.29, 1.82) is 0 Å². The third-order valence-electron chi connectivity index (χ3n) is 13.9. The third kappa shape index (κ3) is 30.1. The number of nitrogens with one attached hydrogen (secondary N) is 1. The van der Waals surface area contributed by atoms with Gasteiger partial charge in [-0.05, 0) is 62.5 Å². The summed E-state index contributed by atoms with van der Waals surface area (Å²) in [7, 11) is -5.19. The van der Waals surface area contributed by atoms with Crippen LogP contribution in [0.15, 0.2) is 60.7 Å². The minimum Gasteiger partial charge on any atom is -0.457 e. The lowest BCUT2D eigenvalue weighted by atomic mass is 9.96. The van der Waals surface area contributed by atoms with Crippen LogP contribution >= 0.6 is 0 Å². The number of carbonyl (C=O) groups is 3. The van der Waals surface area contributed by atoms with E-state index in [0.717, 1.165) is 96.3 Å². The van der Waals surface area contributed by atoms with Gasteiger partial charge in [-0.2, -0.15) is 8.42 Å². The molecule has 0 saturated carbocycles. The second-order valence-corrected chi connectivity index (χ2v) is 21.3. The van der Waals surface area contributed by atoms with E-state index in [2.05, 4.69) is 66.8 Å². The van der Waals surface area contributed by atoms with Gasteiger partial charge in [0.05, 0.1) is 6.61 Å². The Kier molecular flexibility index (Phi) is 34.9. The number of unbranched alkanes of at least 4 members (excludes halogenated alkanes) is 27. The van der Waals surface area contributed by atoms with Crippen molar-refractivity contribution in [2.75, 3.05) is 6.61 Å². The van der Waals surface area contributed by atoms with Crippen LogP contribution in [0.2, 0.25) is 0 Å². The first kappa shape index (κ1) is 62.9. The van der Waals surface area contributed by atoms with Crippen molar-refractivity contribution < 1.29 is 56.0 Å². The molecular weight excluding hydrogens is 935 g/mol. The Bertz CT molecular complexity index is 1780. The topological polar surface area (TPSA) is 195 Å². The molecule has 13 nitrogen and oxygen atoms in total. The lowest BCUT2D eigenvalue weighted by Gasteiger charge is -2.43. The van der Waals surface area contributed by atoms with E-state index in [9.17, 15) is 37.6 Å². The molecular formula is C58H95NO12S. The highest BCUT2D eigenvalue weighted by atomic mass is 32.3. The summed E-state index contributed by atoms with van der Waals surface area (Å²) in [6, 6.07) is 19.5. The number of benzene rings is 2. The first-order chi connectivity index (χ1) is 35.0. The third-order valence-corrected chi connectivity index (χ3v) is 14.4. The largest absolute Gasteiger partial charge is 0.457 e. The highest BCUT2D eigenvalue weighted by molar-refractivity contribution is 7.80. The van der Waals surface area contributed by atoms with Crippen LogP contribution in [-0.4, -0.2) is 84.4 Å². The van der Waals surface area contributed by atoms with Gasteiger partial charge in [-0.3, -0.25) is 18.9 Å². The Morgan fingerprint density at radius 1 is 0.569 bits per heavy atom. The molecule has 0 bridgehead atoms. The normalized spacial score (nSPS) is 18.4. The van der Waals surface area contributed by atoms with Crippen LogP contribution in [0.3, 0.4) is 0 Å². The summed E-state index contributed by atoms with van der Waals surface area (Å²) in [6.07, 6.45) is 26.1. The molecule has 2 aromatic rings. The Morgan fingerprint density at radius 3 is 1.40 bits per heavy atom. The molecule has 72 heavy (non-hydrogen) atoms. The quantitative estimate of drug-likeness (QED) is 0.0279. The van der Waals surface area contributed by atoms with E-state index in [4.69, 9.17) is 18.4 Å². The minimum absolute atomic E-state index is 0.0352. The fourth-order valence-corrected chi connectivity index (χ4v) is 10.2. The smallest absolute Gasteiger partial charge is 0.397 e. The van der Waals surface area contributed by atoms with Gasteiger partial charge in [0.25, 0.3) is 5.91 Å². The second-order valence-electron chi connectivity index (χ2n) is 20.2. The van der Waals surface area contributed by atoms with Crippen molar-refractivity contribution in [3.63, 3.8) is 0 Å². The van der Waals surface area contributed by atoms with Gasteiger partial charge in [-0.15, -0.1) is 0 Å². The molecule has 1 aliphatic rings. The zero-order valence-corrected chi connectivity index (χ0v) is 44.9. The van der Waals surface area contributed by atoms with Crippen molar-refractivity contribution in [3.05, 3.63) is 71.8 Å². The zero-order valence-electron chi connectivity index (χ0n) is 44.1. The summed E-state index contributed by atoms with van der Waals surface area (Å²) in [6.45, 7) is 1.33. The molecule has 1 amide bonds. The Hall–Kier alpha value is -3.40. The van der Waals surface area contributed by atoms with Crippen LogP contribution in [0.1, 0.15) is 230 Å². The van der Waals surface area contributed by atoms with Gasteiger partial charge in [0.1, 0.15) is 18.2 Å². The zero-order chi connectivity index (χ0) is 51.9. The van der Waals surface area contributed by atoms with Gasteiger partial charge in [0.2, 0.25) is 0 Å². The fourth-order valence-electron chi connectivity index (χ4n) is 9.68. The molecule has 4 N–H and O–H groups in total. The number of carbonyl (C=O) groups excluding carboxylic acids is 3. The van der Waals surface area contributed by atoms with E-state index in [0.29, 0.717) is 19.3 Å². The van der Waals surface area contributed by atoms with E-state index < -0.39 is 71.6 Å². The van der Waals surface area contributed by atoms with Crippen LogP contribution in [0.4, 0.5) is 0 Å². The minimum atomic E-state index is -5.19. The maximum Gasteiger partial charge on any atom is 0.397 e. The molecule has 1 aliphatic heterocycles. The summed E-state index contributed by atoms with van der Waals surface area (Å²) in [4.78, 5) is 40.6. The van der Waals surface area contributed by atoms with Crippen molar-refractivity contribution in [1.82, 2.24) is 5.32 Å². The van der Waals surface area contributed by atoms with Gasteiger partial charge in [0, 0.05) is 12.8 Å². The Labute approximate surface area is 434 Å². The molecule has 0 aliphatic carbocycles. The van der Waals surface area contributed by atoms with Crippen LogP contribution < -0.4 is 5.32 Å². The Balaban J connectivity index is 1.49. The van der Waals surface area contributed by atoms with Crippen molar-refractivity contribution in [2.24, 2.45) is 0 Å². The number of esters is 2. The molecule has 410 valence electrons. The molecule has 0 radical (unpaired) electrons. The lowest BCUT2D eigenvalue weighted by molar-refractivity contribution is -0.254. The van der Waals surface area contributed by atoms with Crippen LogP contribution in [0.25, 0.3) is 0 Å². The van der Waals surface area contributed by atoms with Gasteiger partial charge >= 0.3 is 22.3 Å². The first-order valence-corrected chi connectivity index (χ1v) is 29.7. The summed E-state index contributed by atoms with van der Waals surface area (Å²) in [5.74, 6) is -2.05. The number of rotatable bonds is 44. The van der Waals surface area contributed by atoms with Gasteiger partial charge < -0.3 is 29.7 Å². The van der Waals surface area contributed by atoms with Crippen LogP contribution in [0.5, 0.6) is 0 Å². The van der Waals surface area contributed by atoms with Gasteiger partial charge in [-0.25, -0.2) is 4.18 Å². The van der Waals surface area contributed by atoms with Crippen molar-refractivity contribution in [2.45, 2.75) is 268 Å². The second kappa shape index (κ2) is 40.0. The molecule has 1 fully saturated rings. The highest BCUT2D eigenvalue weighted by Crippen LogP contribution is 2.28. The number of aryl methyl sites for hydroxylation is 2. The van der Waals surface area contributed by atoms with Gasteiger partial charge in [0.15, 0.2) is 18.5 Å². The van der Waals surface area contributed by atoms with Crippen molar-refractivity contribution in [3.8, 4) is 0 Å². The standard InChI is InChI=1S/C58H95NO12S/c1-2-3-4-5-6-7-14-19-24-35-44-50(68-52(61)45-36-25-20-15-10-8-12-17-22-29-38-48-40-31-27-32-41-48)57(63)59-54-56(55(71-72(65,66)67)51(47-60)69-58(54)64)70-53(62)46-37-26-21-16-11-9-13-18-23-30-39-49-42-33-28-34-43-49/h27-28,31-34,40-43,50-51,54-56,58,60,64H,2-26,29-30,35-39,44-47H2,1H3,(H,59,63)(H,65,66,67)/t50?,51-,54-,55-,56-,58?/m1/s1. The average molecular weight is 1030 g/mol. The molecule has 1 saturated heterocycles. The maximum absolute atomic E-state index is 14.1. The molecule has 14 heteroatoms. The number of amides is 1. The molecule has 2 unspecified atom stereocenters. The van der Waals surface area contributed by atoms with Crippen LogP contribution in [-0.2, 0) is 56.0 Å². The van der Waals surface area contributed by atoms with E-state index >= 15 is 0 Å². The lowest BCUT2D eigenvalue weighted by Crippen LogP contribution is -2.67. The summed E-state index contributed by atoms with van der Waals surface area (Å²) < 4.78 is 55.7. The number of aliphatic hydroxyl groups excluding tert-OH is 2. The Morgan fingerprint density at radius 2 is 0.972 bits per heavy atom. The SMILES string of the molecule is CCCCCCCCCCCCC(OC(=O)CCCCCCCCCCCCc1ccccc1)C(=O)N[C@H]1C(O)O[C@H](CO)[C@@H](OS(=O)(=O)O)[C@@H]1OC(=O)CCCCCCCCCCCCc1ccccc1. The van der Waals surface area contributed by atoms with E-state index in [1.807, 2.05) is 6.07 Å².